The molecule has 1 amide bonds. The van der Waals surface area contributed by atoms with E-state index in [0.29, 0.717) is 36.1 Å². The number of amides is 1. The van der Waals surface area contributed by atoms with Gasteiger partial charge in [-0.25, -0.2) is 4.79 Å². The van der Waals surface area contributed by atoms with Crippen LogP contribution in [-0.2, 0) is 14.3 Å². The van der Waals surface area contributed by atoms with Crippen molar-refractivity contribution < 1.29 is 23.9 Å². The van der Waals surface area contributed by atoms with Crippen molar-refractivity contribution in [1.29, 1.82) is 0 Å². The molecule has 1 aromatic rings. The molecule has 1 heterocycles. The predicted octanol–water partition coefficient (Wildman–Crippen LogP) is 2.73. The minimum Gasteiger partial charge on any atom is -0.478 e. The Balaban J connectivity index is 2.50. The van der Waals surface area contributed by atoms with Gasteiger partial charge in [0.1, 0.15) is 18.1 Å². The van der Waals surface area contributed by atoms with Crippen LogP contribution in [0.3, 0.4) is 0 Å². The lowest BCUT2D eigenvalue weighted by Crippen LogP contribution is -2.53. The van der Waals surface area contributed by atoms with Gasteiger partial charge in [-0.15, -0.1) is 0 Å². The summed E-state index contributed by atoms with van der Waals surface area (Å²) in [6.45, 7) is 7.19. The van der Waals surface area contributed by atoms with Crippen molar-refractivity contribution >= 4 is 23.9 Å². The van der Waals surface area contributed by atoms with Gasteiger partial charge in [0.05, 0.1) is 11.8 Å². The zero-order valence-corrected chi connectivity index (χ0v) is 14.4. The van der Waals surface area contributed by atoms with E-state index >= 15 is 0 Å². The second-order valence-electron chi connectivity index (χ2n) is 5.98. The van der Waals surface area contributed by atoms with Gasteiger partial charge in [0.2, 0.25) is 0 Å². The highest BCUT2D eigenvalue weighted by atomic mass is 16.5. The van der Waals surface area contributed by atoms with E-state index in [1.54, 1.807) is 32.0 Å². The second-order valence-corrected chi connectivity index (χ2v) is 5.98. The highest BCUT2D eigenvalue weighted by Crippen LogP contribution is 2.37. The molecule has 0 spiro atoms. The minimum absolute atomic E-state index is 0.273. The third-order valence-electron chi connectivity index (χ3n) is 3.85. The number of carbonyl (C=O) groups is 3. The van der Waals surface area contributed by atoms with E-state index in [1.807, 2.05) is 13.8 Å². The van der Waals surface area contributed by atoms with Crippen LogP contribution < -0.4 is 9.64 Å². The predicted molar refractivity (Wildman–Crippen MR) is 89.3 cm³/mol. The number of rotatable bonds is 6. The molecule has 0 aromatic heterocycles. The van der Waals surface area contributed by atoms with Gasteiger partial charge in [-0.2, -0.15) is 0 Å². The van der Waals surface area contributed by atoms with Gasteiger partial charge in [0, 0.05) is 5.56 Å². The van der Waals surface area contributed by atoms with E-state index in [4.69, 9.17) is 9.47 Å². The number of esters is 1. The van der Waals surface area contributed by atoms with Crippen molar-refractivity contribution in [3.05, 3.63) is 23.8 Å². The van der Waals surface area contributed by atoms with E-state index < -0.39 is 18.1 Å². The first-order valence-corrected chi connectivity index (χ1v) is 8.22. The molecule has 0 aliphatic carbocycles. The van der Waals surface area contributed by atoms with Crippen LogP contribution in [0.2, 0.25) is 0 Å². The van der Waals surface area contributed by atoms with Crippen LogP contribution in [0, 0.1) is 0 Å². The lowest BCUT2D eigenvalue weighted by molar-refractivity contribution is -0.150. The van der Waals surface area contributed by atoms with E-state index in [2.05, 4.69) is 0 Å². The van der Waals surface area contributed by atoms with Crippen LogP contribution in [0.25, 0.3) is 0 Å². The Bertz CT molecular complexity index is 640. The van der Waals surface area contributed by atoms with Crippen molar-refractivity contribution in [2.24, 2.45) is 0 Å². The van der Waals surface area contributed by atoms with Crippen LogP contribution in [0.5, 0.6) is 5.75 Å². The summed E-state index contributed by atoms with van der Waals surface area (Å²) in [7, 11) is 0. The molecule has 1 aliphatic rings. The van der Waals surface area contributed by atoms with Crippen LogP contribution in [0.1, 0.15) is 50.9 Å². The fourth-order valence-electron chi connectivity index (χ4n) is 2.72. The number of nitrogens with zero attached hydrogens (tertiary/aromatic N) is 1. The number of hydrogen-bond donors (Lipinski definition) is 0. The van der Waals surface area contributed by atoms with Gasteiger partial charge < -0.3 is 9.47 Å². The van der Waals surface area contributed by atoms with Gasteiger partial charge in [0.15, 0.2) is 6.10 Å². The molecule has 6 nitrogen and oxygen atoms in total. The molecule has 1 aliphatic heterocycles. The van der Waals surface area contributed by atoms with Crippen LogP contribution in [-0.4, -0.2) is 36.4 Å². The smallest absolute Gasteiger partial charge is 0.329 e. The molecule has 2 rings (SSSR count). The number of anilines is 1. The Labute approximate surface area is 141 Å². The zero-order chi connectivity index (χ0) is 17.9. The van der Waals surface area contributed by atoms with Crippen molar-refractivity contribution in [1.82, 2.24) is 0 Å². The first-order chi connectivity index (χ1) is 11.4. The average molecular weight is 333 g/mol. The maximum atomic E-state index is 12.8. The molecule has 0 bridgehead atoms. The Morgan fingerprint density at radius 3 is 2.62 bits per heavy atom. The number of ether oxygens (including phenoxy) is 2. The molecule has 2 atom stereocenters. The van der Waals surface area contributed by atoms with Gasteiger partial charge in [-0.3, -0.25) is 14.5 Å². The third-order valence-corrected chi connectivity index (χ3v) is 3.85. The summed E-state index contributed by atoms with van der Waals surface area (Å²) >= 11 is 0. The number of carbonyl (C=O) groups excluding carboxylic acids is 3. The average Bonchev–Trinajstić information content (AvgIpc) is 2.55. The van der Waals surface area contributed by atoms with E-state index in [-0.39, 0.29) is 12.0 Å². The Kier molecular flexibility index (Phi) is 5.59. The number of benzene rings is 1. The number of hydrogen-bond acceptors (Lipinski definition) is 5. The first-order valence-electron chi connectivity index (χ1n) is 8.22. The molecule has 2 unspecified atom stereocenters. The normalized spacial score (nSPS) is 18.0. The Hall–Kier alpha value is -2.37. The summed E-state index contributed by atoms with van der Waals surface area (Å²) in [6.07, 6.45) is 0.659. The maximum absolute atomic E-state index is 12.8. The largest absolute Gasteiger partial charge is 0.478 e. The highest BCUT2D eigenvalue weighted by Gasteiger charge is 2.40. The summed E-state index contributed by atoms with van der Waals surface area (Å²) in [5.41, 5.74) is 0.846. The SMILES string of the molecule is CCC1Oc2ccc(C=O)cc2N(C(CC)C(=O)OC(C)C)C1=O. The Morgan fingerprint density at radius 2 is 2.08 bits per heavy atom. The molecular weight excluding hydrogens is 310 g/mol. The molecule has 0 saturated carbocycles. The van der Waals surface area contributed by atoms with Gasteiger partial charge in [-0.1, -0.05) is 13.8 Å². The zero-order valence-electron chi connectivity index (χ0n) is 14.4. The van der Waals surface area contributed by atoms with Crippen LogP contribution in [0.15, 0.2) is 18.2 Å². The number of aldehydes is 1. The number of fused-ring (bicyclic) bond motifs is 1. The second kappa shape index (κ2) is 7.47. The summed E-state index contributed by atoms with van der Waals surface area (Å²) in [6, 6.07) is 4.09. The van der Waals surface area contributed by atoms with Gasteiger partial charge in [0.25, 0.3) is 5.91 Å². The van der Waals surface area contributed by atoms with Crippen LogP contribution in [0.4, 0.5) is 5.69 Å². The van der Waals surface area contributed by atoms with E-state index in [1.165, 1.54) is 4.90 Å². The monoisotopic (exact) mass is 333 g/mol. The molecule has 0 N–H and O–H groups in total. The Morgan fingerprint density at radius 1 is 1.38 bits per heavy atom. The van der Waals surface area contributed by atoms with Crippen LogP contribution >= 0.6 is 0 Å². The maximum Gasteiger partial charge on any atom is 0.329 e. The van der Waals surface area contributed by atoms with Crippen molar-refractivity contribution in [3.63, 3.8) is 0 Å². The molecule has 6 heteroatoms. The van der Waals surface area contributed by atoms with Crippen molar-refractivity contribution in [3.8, 4) is 5.75 Å². The fourth-order valence-corrected chi connectivity index (χ4v) is 2.72. The quantitative estimate of drug-likeness (QED) is 0.591. The van der Waals surface area contributed by atoms with Crippen molar-refractivity contribution in [2.75, 3.05) is 4.90 Å². The summed E-state index contributed by atoms with van der Waals surface area (Å²) < 4.78 is 11.0. The summed E-state index contributed by atoms with van der Waals surface area (Å²) in [5, 5.41) is 0. The molecule has 0 fully saturated rings. The fraction of sp³-hybridized carbons (Fsp3) is 0.500. The lowest BCUT2D eigenvalue weighted by atomic mass is 10.0. The van der Waals surface area contributed by atoms with Gasteiger partial charge in [-0.05, 0) is 44.9 Å². The topological polar surface area (TPSA) is 72.9 Å². The van der Waals surface area contributed by atoms with E-state index in [0.717, 1.165) is 0 Å². The summed E-state index contributed by atoms with van der Waals surface area (Å²) in [4.78, 5) is 37.8. The molecular formula is C18H23NO5. The minimum atomic E-state index is -0.751. The first kappa shape index (κ1) is 18.0. The van der Waals surface area contributed by atoms with Crippen molar-refractivity contribution in [2.45, 2.75) is 58.8 Å². The van der Waals surface area contributed by atoms with E-state index in [9.17, 15) is 14.4 Å². The molecule has 1 aromatic carbocycles. The standard InChI is InChI=1S/C18H23NO5/c1-5-13(18(22)23-11(3)4)19-14-9-12(10-20)7-8-16(14)24-15(6-2)17(19)21/h7-11,13,15H,5-6H2,1-4H3. The molecule has 24 heavy (non-hydrogen) atoms. The highest BCUT2D eigenvalue weighted by molar-refractivity contribution is 6.05. The summed E-state index contributed by atoms with van der Waals surface area (Å²) in [5.74, 6) is -0.261. The lowest BCUT2D eigenvalue weighted by Gasteiger charge is -2.38. The molecule has 130 valence electrons. The molecule has 0 saturated heterocycles. The third kappa shape index (κ3) is 3.42. The van der Waals surface area contributed by atoms with Gasteiger partial charge >= 0.3 is 5.97 Å². The molecule has 0 radical (unpaired) electrons.